The third kappa shape index (κ3) is 2.94. The van der Waals surface area contributed by atoms with E-state index in [0.29, 0.717) is 13.0 Å². The van der Waals surface area contributed by atoms with E-state index in [4.69, 9.17) is 10.5 Å². The summed E-state index contributed by atoms with van der Waals surface area (Å²) in [5.41, 5.74) is 5.20. The maximum absolute atomic E-state index is 11.0. The third-order valence-electron chi connectivity index (χ3n) is 1.41. The van der Waals surface area contributed by atoms with Crippen LogP contribution in [0.15, 0.2) is 0 Å². The molecule has 0 aromatic heterocycles. The van der Waals surface area contributed by atoms with Crippen molar-refractivity contribution in [2.45, 2.75) is 25.9 Å². The topological polar surface area (TPSA) is 52.3 Å². The molecule has 0 fully saturated rings. The van der Waals surface area contributed by atoms with Crippen LogP contribution in [0.4, 0.5) is 0 Å². The van der Waals surface area contributed by atoms with E-state index in [2.05, 4.69) is 0 Å². The van der Waals surface area contributed by atoms with Gasteiger partial charge < -0.3 is 10.5 Å². The van der Waals surface area contributed by atoms with Crippen molar-refractivity contribution < 1.29 is 9.53 Å². The number of hydrogen-bond acceptors (Lipinski definition) is 3. The van der Waals surface area contributed by atoms with E-state index < -0.39 is 0 Å². The zero-order chi connectivity index (χ0) is 7.98. The van der Waals surface area contributed by atoms with Gasteiger partial charge in [-0.25, -0.2) is 0 Å². The number of ether oxygens (including phenoxy) is 1. The smallest absolute Gasteiger partial charge is 0.162 e. The Morgan fingerprint density at radius 2 is 2.30 bits per heavy atom. The summed E-state index contributed by atoms with van der Waals surface area (Å²) in [5.74, 6) is 0.104. The molecule has 3 nitrogen and oxygen atoms in total. The molecule has 0 saturated carbocycles. The Labute approximate surface area is 61.5 Å². The van der Waals surface area contributed by atoms with Gasteiger partial charge >= 0.3 is 0 Å². The highest BCUT2D eigenvalue weighted by Crippen LogP contribution is 1.99. The quantitative estimate of drug-likeness (QED) is 0.606. The van der Waals surface area contributed by atoms with E-state index in [9.17, 15) is 4.79 Å². The Hall–Kier alpha value is -0.410. The molecule has 0 aliphatic rings. The van der Waals surface area contributed by atoms with Crippen LogP contribution in [0.3, 0.4) is 0 Å². The van der Waals surface area contributed by atoms with Crippen LogP contribution < -0.4 is 5.73 Å². The Morgan fingerprint density at radius 1 is 1.70 bits per heavy atom. The van der Waals surface area contributed by atoms with Crippen LogP contribution in [-0.2, 0) is 9.53 Å². The molecule has 0 heterocycles. The summed E-state index contributed by atoms with van der Waals surface area (Å²) in [7, 11) is 1.54. The van der Waals surface area contributed by atoms with E-state index in [-0.39, 0.29) is 11.9 Å². The zero-order valence-corrected chi connectivity index (χ0v) is 6.59. The molecule has 2 N–H and O–H groups in total. The van der Waals surface area contributed by atoms with Crippen LogP contribution in [0.2, 0.25) is 0 Å². The lowest BCUT2D eigenvalue weighted by atomic mass is 10.1. The van der Waals surface area contributed by atoms with Crippen molar-refractivity contribution in [3.63, 3.8) is 0 Å². The predicted molar refractivity (Wildman–Crippen MR) is 39.8 cm³/mol. The van der Waals surface area contributed by atoms with Crippen molar-refractivity contribution in [3.8, 4) is 0 Å². The first-order chi connectivity index (χ1) is 4.76. The molecule has 0 radical (unpaired) electrons. The number of rotatable bonds is 5. The molecule has 0 spiro atoms. The van der Waals surface area contributed by atoms with Crippen molar-refractivity contribution >= 4 is 5.78 Å². The summed E-state index contributed by atoms with van der Waals surface area (Å²) in [5, 5.41) is 0. The normalized spacial score (nSPS) is 13.1. The molecular formula is C7H15NO2. The van der Waals surface area contributed by atoms with Crippen LogP contribution in [0.1, 0.15) is 19.8 Å². The van der Waals surface area contributed by atoms with Gasteiger partial charge in [0.25, 0.3) is 0 Å². The van der Waals surface area contributed by atoms with Gasteiger partial charge in [0.05, 0.1) is 0 Å². The van der Waals surface area contributed by atoms with E-state index in [1.165, 1.54) is 0 Å². The number of ketones is 1. The van der Waals surface area contributed by atoms with Gasteiger partial charge in [-0.15, -0.1) is 0 Å². The molecule has 0 aliphatic heterocycles. The van der Waals surface area contributed by atoms with Crippen molar-refractivity contribution in [1.82, 2.24) is 0 Å². The summed E-state index contributed by atoms with van der Waals surface area (Å²) in [4.78, 5) is 11.0. The molecule has 0 aromatic carbocycles. The minimum Gasteiger partial charge on any atom is -0.374 e. The molecule has 0 amide bonds. The van der Waals surface area contributed by atoms with Gasteiger partial charge in [-0.3, -0.25) is 4.79 Å². The number of carbonyl (C=O) groups is 1. The van der Waals surface area contributed by atoms with E-state index in [1.54, 1.807) is 7.11 Å². The standard InChI is InChI=1S/C7H15NO2/c1-3-7(10-2)6(9)4-5-8/h7H,3-5,8H2,1-2H3. The molecule has 1 atom stereocenters. The third-order valence-corrected chi connectivity index (χ3v) is 1.41. The summed E-state index contributed by atoms with van der Waals surface area (Å²) in [6, 6.07) is 0. The van der Waals surface area contributed by atoms with Crippen molar-refractivity contribution in [2.24, 2.45) is 5.73 Å². The molecule has 0 rings (SSSR count). The molecule has 0 saturated heterocycles. The number of Topliss-reactive ketones (excluding diaryl/α,β-unsaturated/α-hetero) is 1. The lowest BCUT2D eigenvalue weighted by Crippen LogP contribution is -2.24. The van der Waals surface area contributed by atoms with Gasteiger partial charge in [0, 0.05) is 13.5 Å². The van der Waals surface area contributed by atoms with Crippen molar-refractivity contribution in [1.29, 1.82) is 0 Å². The first kappa shape index (κ1) is 9.59. The SMILES string of the molecule is CCC(OC)C(=O)CCN. The molecule has 1 unspecified atom stereocenters. The van der Waals surface area contributed by atoms with Gasteiger partial charge in [0.15, 0.2) is 5.78 Å². The van der Waals surface area contributed by atoms with Crippen LogP contribution in [0.25, 0.3) is 0 Å². The molecule has 0 aromatic rings. The van der Waals surface area contributed by atoms with Gasteiger partial charge in [0.2, 0.25) is 0 Å². The van der Waals surface area contributed by atoms with Crippen molar-refractivity contribution in [3.05, 3.63) is 0 Å². The van der Waals surface area contributed by atoms with E-state index >= 15 is 0 Å². The van der Waals surface area contributed by atoms with Gasteiger partial charge in [-0.1, -0.05) is 6.92 Å². The number of hydrogen-bond donors (Lipinski definition) is 1. The highest BCUT2D eigenvalue weighted by atomic mass is 16.5. The van der Waals surface area contributed by atoms with Crippen LogP contribution >= 0.6 is 0 Å². The Balaban J connectivity index is 3.65. The fraction of sp³-hybridized carbons (Fsp3) is 0.857. The molecule has 0 bridgehead atoms. The van der Waals surface area contributed by atoms with E-state index in [0.717, 1.165) is 6.42 Å². The first-order valence-electron chi connectivity index (χ1n) is 3.51. The minimum atomic E-state index is -0.247. The van der Waals surface area contributed by atoms with Gasteiger partial charge in [-0.2, -0.15) is 0 Å². The maximum atomic E-state index is 11.0. The fourth-order valence-electron chi connectivity index (χ4n) is 0.829. The molecule has 60 valence electrons. The number of methoxy groups -OCH3 is 1. The summed E-state index contributed by atoms with van der Waals surface area (Å²) in [6.07, 6.45) is 0.908. The van der Waals surface area contributed by atoms with Crippen LogP contribution in [0.5, 0.6) is 0 Å². The molecule has 0 aliphatic carbocycles. The van der Waals surface area contributed by atoms with Crippen molar-refractivity contribution in [2.75, 3.05) is 13.7 Å². The Morgan fingerprint density at radius 3 is 2.60 bits per heavy atom. The van der Waals surface area contributed by atoms with Gasteiger partial charge in [0.1, 0.15) is 6.10 Å². The Bertz CT molecular complexity index is 99.8. The van der Waals surface area contributed by atoms with Crippen LogP contribution in [-0.4, -0.2) is 25.5 Å². The summed E-state index contributed by atoms with van der Waals surface area (Å²) < 4.78 is 4.91. The molecular weight excluding hydrogens is 130 g/mol. The lowest BCUT2D eigenvalue weighted by Gasteiger charge is -2.09. The number of carbonyl (C=O) groups excluding carboxylic acids is 1. The second-order valence-corrected chi connectivity index (χ2v) is 2.14. The average molecular weight is 145 g/mol. The highest BCUT2D eigenvalue weighted by Gasteiger charge is 2.13. The Kier molecular flexibility index (Phi) is 5.16. The monoisotopic (exact) mass is 145 g/mol. The van der Waals surface area contributed by atoms with E-state index in [1.807, 2.05) is 6.92 Å². The molecule has 3 heteroatoms. The van der Waals surface area contributed by atoms with Gasteiger partial charge in [-0.05, 0) is 13.0 Å². The molecule has 10 heavy (non-hydrogen) atoms. The number of nitrogens with two attached hydrogens (primary N) is 1. The lowest BCUT2D eigenvalue weighted by molar-refractivity contribution is -0.128. The minimum absolute atomic E-state index is 0.104. The second kappa shape index (κ2) is 5.38. The zero-order valence-electron chi connectivity index (χ0n) is 6.59. The maximum Gasteiger partial charge on any atom is 0.162 e. The summed E-state index contributed by atoms with van der Waals surface area (Å²) >= 11 is 0. The predicted octanol–water partition coefficient (Wildman–Crippen LogP) is 0.329. The average Bonchev–Trinajstić information content (AvgIpc) is 1.91. The highest BCUT2D eigenvalue weighted by molar-refractivity contribution is 5.83. The largest absolute Gasteiger partial charge is 0.374 e. The fourth-order valence-corrected chi connectivity index (χ4v) is 0.829. The first-order valence-corrected chi connectivity index (χ1v) is 3.51. The summed E-state index contributed by atoms with van der Waals surface area (Å²) in [6.45, 7) is 2.33. The second-order valence-electron chi connectivity index (χ2n) is 2.14. The van der Waals surface area contributed by atoms with Crippen LogP contribution in [0, 0.1) is 0 Å².